The summed E-state index contributed by atoms with van der Waals surface area (Å²) in [5, 5.41) is 18.6. The maximum absolute atomic E-state index is 15.3. The molecule has 3 amide bonds. The number of aromatic nitrogens is 1. The summed E-state index contributed by atoms with van der Waals surface area (Å²) < 4.78 is 76.9. The Morgan fingerprint density at radius 1 is 0.958 bits per heavy atom. The molecule has 48 heavy (non-hydrogen) atoms. The van der Waals surface area contributed by atoms with E-state index in [4.69, 9.17) is 17.3 Å². The van der Waals surface area contributed by atoms with E-state index >= 15 is 13.2 Å². The molecule has 1 aromatic heterocycles. The van der Waals surface area contributed by atoms with Gasteiger partial charge in [0.1, 0.15) is 23.5 Å². The zero-order chi connectivity index (χ0) is 33.9. The molecule has 0 saturated heterocycles. The highest BCUT2D eigenvalue weighted by Crippen LogP contribution is 2.60. The van der Waals surface area contributed by atoms with Gasteiger partial charge in [-0.25, -0.2) is 13.6 Å². The zero-order valence-electron chi connectivity index (χ0n) is 24.5. The third-order valence-electron chi connectivity index (χ3n) is 9.41. The Balaban J connectivity index is 1.44. The first-order valence-electron chi connectivity index (χ1n) is 14.8. The number of carbonyl (C=O) groups excluding carboxylic acids is 2. The monoisotopic (exact) mass is 679 g/mol. The molecule has 244 valence electrons. The van der Waals surface area contributed by atoms with Crippen LogP contribution in [0.3, 0.4) is 0 Å². The Labute approximate surface area is 273 Å². The van der Waals surface area contributed by atoms with Crippen molar-refractivity contribution in [2.75, 3.05) is 16.8 Å². The minimum absolute atomic E-state index is 0.0000125. The first-order valence-corrected chi connectivity index (χ1v) is 15.1. The van der Waals surface area contributed by atoms with Gasteiger partial charge in [0.15, 0.2) is 0 Å². The highest BCUT2D eigenvalue weighted by atomic mass is 35.5. The fourth-order valence-corrected chi connectivity index (χ4v) is 7.60. The van der Waals surface area contributed by atoms with Crippen LogP contribution in [0.25, 0.3) is 22.0 Å². The number of benzene rings is 4. The number of aliphatic hydroxyl groups is 1. The normalized spacial score (nSPS) is 21.2. The van der Waals surface area contributed by atoms with Crippen molar-refractivity contribution in [1.29, 1.82) is 0 Å². The van der Waals surface area contributed by atoms with Crippen LogP contribution in [0.15, 0.2) is 72.8 Å². The summed E-state index contributed by atoms with van der Waals surface area (Å²) in [5.41, 5.74) is 1.62. The number of halogens is 6. The minimum atomic E-state index is -5.49. The SMILES string of the molecule is NC(=O)N1c2ccc(F)cc2C(O)(C(F)(F)F)C1c1cc(-c2ccc3c(c2)cc2n3CCN2)cc2c1C(c1cc(F)ccc1Cl)NC2=O. The minimum Gasteiger partial charge on any atom is -0.374 e. The largest absolute Gasteiger partial charge is 0.423 e. The molecule has 3 aliphatic rings. The summed E-state index contributed by atoms with van der Waals surface area (Å²) in [4.78, 5) is 27.2. The zero-order valence-corrected chi connectivity index (χ0v) is 25.3. The second-order valence-corrected chi connectivity index (χ2v) is 12.4. The Morgan fingerprint density at radius 3 is 2.46 bits per heavy atom. The molecule has 4 aromatic carbocycles. The van der Waals surface area contributed by atoms with Crippen molar-refractivity contribution >= 4 is 45.9 Å². The molecule has 5 N–H and O–H groups in total. The summed E-state index contributed by atoms with van der Waals surface area (Å²) in [6.07, 6.45) is -5.49. The number of nitrogens with one attached hydrogen (secondary N) is 2. The summed E-state index contributed by atoms with van der Waals surface area (Å²) in [5.74, 6) is -1.64. The predicted octanol–water partition coefficient (Wildman–Crippen LogP) is 6.89. The number of amides is 3. The van der Waals surface area contributed by atoms with Crippen LogP contribution in [0.1, 0.15) is 44.7 Å². The molecule has 0 spiro atoms. The average molecular weight is 680 g/mol. The Bertz CT molecular complexity index is 2240. The number of fused-ring (bicyclic) bond motifs is 5. The summed E-state index contributed by atoms with van der Waals surface area (Å²) in [6, 6.07) is 10.8. The van der Waals surface area contributed by atoms with Crippen molar-refractivity contribution in [2.45, 2.75) is 30.4 Å². The number of alkyl halides is 3. The molecule has 0 radical (unpaired) electrons. The van der Waals surface area contributed by atoms with E-state index in [0.717, 1.165) is 54.1 Å². The van der Waals surface area contributed by atoms with Gasteiger partial charge in [-0.15, -0.1) is 0 Å². The van der Waals surface area contributed by atoms with Crippen molar-refractivity contribution < 1.29 is 36.6 Å². The third-order valence-corrected chi connectivity index (χ3v) is 9.76. The van der Waals surface area contributed by atoms with Gasteiger partial charge >= 0.3 is 12.2 Å². The number of hydrogen-bond acceptors (Lipinski definition) is 4. The van der Waals surface area contributed by atoms with Gasteiger partial charge in [0.25, 0.3) is 5.91 Å². The van der Waals surface area contributed by atoms with E-state index in [0.29, 0.717) is 16.5 Å². The number of rotatable bonds is 3. The summed E-state index contributed by atoms with van der Waals surface area (Å²) in [6.45, 7) is 1.51. The standard InChI is InChI=1S/C34H23ClF5N5O3/c35-24-4-2-18(36)13-20(24)29-28-21(30-33(48,34(38,39)40)23-14-19(37)3-6-26(23)45(30)32(41)47)10-16(11-22(28)31(46)43-29)15-1-5-25-17(9-15)12-27-42-7-8-44(25)27/h1-6,9-14,29-30,42,48H,7-8H2,(H2,41,47)(H,43,46). The number of anilines is 2. The first kappa shape index (κ1) is 30.2. The predicted molar refractivity (Wildman–Crippen MR) is 168 cm³/mol. The van der Waals surface area contributed by atoms with Gasteiger partial charge in [0.2, 0.25) is 5.60 Å². The lowest BCUT2D eigenvalue weighted by Crippen LogP contribution is -2.51. The lowest BCUT2D eigenvalue weighted by molar-refractivity contribution is -0.271. The average Bonchev–Trinajstić information content (AvgIpc) is 3.78. The van der Waals surface area contributed by atoms with E-state index in [-0.39, 0.29) is 32.8 Å². The highest BCUT2D eigenvalue weighted by molar-refractivity contribution is 6.31. The quantitative estimate of drug-likeness (QED) is 0.156. The summed E-state index contributed by atoms with van der Waals surface area (Å²) >= 11 is 6.43. The molecule has 0 aliphatic carbocycles. The lowest BCUT2D eigenvalue weighted by Gasteiger charge is -2.37. The van der Waals surface area contributed by atoms with Crippen LogP contribution < -0.4 is 21.3 Å². The van der Waals surface area contributed by atoms with Crippen molar-refractivity contribution in [2.24, 2.45) is 5.73 Å². The number of nitrogens with zero attached hydrogens (tertiary/aromatic N) is 2. The fraction of sp³-hybridized carbons (Fsp3) is 0.176. The molecule has 4 heterocycles. The molecule has 3 aliphatic heterocycles. The van der Waals surface area contributed by atoms with Crippen molar-refractivity contribution in [3.05, 3.63) is 117 Å². The van der Waals surface area contributed by atoms with Gasteiger partial charge in [0.05, 0.1) is 11.7 Å². The van der Waals surface area contributed by atoms with Gasteiger partial charge in [-0.3, -0.25) is 9.69 Å². The molecule has 8 nitrogen and oxygen atoms in total. The second-order valence-electron chi connectivity index (χ2n) is 12.0. The van der Waals surface area contributed by atoms with Crippen molar-refractivity contribution in [3.8, 4) is 11.1 Å². The topological polar surface area (TPSA) is 113 Å². The highest BCUT2D eigenvalue weighted by Gasteiger charge is 2.68. The Kier molecular flexibility index (Phi) is 6.41. The van der Waals surface area contributed by atoms with Gasteiger partial charge in [-0.1, -0.05) is 17.7 Å². The van der Waals surface area contributed by atoms with Crippen LogP contribution in [0.2, 0.25) is 5.02 Å². The molecule has 3 atom stereocenters. The van der Waals surface area contributed by atoms with Crippen LogP contribution in [0.4, 0.5) is 38.3 Å². The Hall–Kier alpha value is -5.14. The first-order chi connectivity index (χ1) is 22.8. The third kappa shape index (κ3) is 4.16. The van der Waals surface area contributed by atoms with E-state index in [9.17, 15) is 23.5 Å². The van der Waals surface area contributed by atoms with E-state index in [1.165, 1.54) is 18.2 Å². The molecule has 0 fully saturated rings. The van der Waals surface area contributed by atoms with E-state index in [1.54, 1.807) is 6.07 Å². The smallest absolute Gasteiger partial charge is 0.374 e. The van der Waals surface area contributed by atoms with Gasteiger partial charge in [-0.2, -0.15) is 13.2 Å². The maximum atomic E-state index is 15.3. The molecule has 3 unspecified atom stereocenters. The van der Waals surface area contributed by atoms with Gasteiger partial charge < -0.3 is 26.0 Å². The number of primary amides is 1. The second kappa shape index (κ2) is 10.2. The van der Waals surface area contributed by atoms with E-state index < -0.39 is 58.7 Å². The van der Waals surface area contributed by atoms with Crippen molar-refractivity contribution in [1.82, 2.24) is 9.88 Å². The van der Waals surface area contributed by atoms with Crippen LogP contribution >= 0.6 is 11.6 Å². The number of carbonyl (C=O) groups is 2. The molecular weight excluding hydrogens is 657 g/mol. The van der Waals surface area contributed by atoms with Crippen LogP contribution in [0, 0.1) is 11.6 Å². The number of hydrogen-bond donors (Lipinski definition) is 4. The molecule has 5 aromatic rings. The van der Waals surface area contributed by atoms with E-state index in [1.807, 2.05) is 18.2 Å². The molecule has 8 rings (SSSR count). The van der Waals surface area contributed by atoms with Crippen LogP contribution in [-0.4, -0.2) is 34.3 Å². The fourth-order valence-electron chi connectivity index (χ4n) is 7.38. The van der Waals surface area contributed by atoms with E-state index in [2.05, 4.69) is 15.2 Å². The number of urea groups is 1. The van der Waals surface area contributed by atoms with Crippen LogP contribution in [-0.2, 0) is 12.1 Å². The molecular formula is C34H23ClF5N5O3. The lowest BCUT2D eigenvalue weighted by atomic mass is 9.79. The Morgan fingerprint density at radius 2 is 1.71 bits per heavy atom. The maximum Gasteiger partial charge on any atom is 0.423 e. The molecule has 0 saturated carbocycles. The summed E-state index contributed by atoms with van der Waals surface area (Å²) in [7, 11) is 0. The van der Waals surface area contributed by atoms with Gasteiger partial charge in [-0.05, 0) is 89.0 Å². The van der Waals surface area contributed by atoms with Gasteiger partial charge in [0, 0.05) is 45.7 Å². The van der Waals surface area contributed by atoms with Crippen LogP contribution in [0.5, 0.6) is 0 Å². The molecule has 14 heteroatoms. The van der Waals surface area contributed by atoms with Crippen molar-refractivity contribution in [3.63, 3.8) is 0 Å². The molecule has 0 bridgehead atoms. The number of nitrogens with two attached hydrogens (primary N) is 1.